The van der Waals surface area contributed by atoms with Gasteiger partial charge in [0.05, 0.1) is 0 Å². The molecule has 6 heteroatoms. The molecule has 1 aromatic rings. The number of anilines is 1. The molecule has 0 heterocycles. The van der Waals surface area contributed by atoms with Crippen molar-refractivity contribution < 1.29 is 4.57 Å². The Morgan fingerprint density at radius 2 is 1.50 bits per heavy atom. The Hall–Kier alpha value is -0.870. The van der Waals surface area contributed by atoms with E-state index in [1.54, 1.807) is 37.5 Å². The SMILES string of the molecule is CN(C)P(=O)(NNc1ccccc1)N(C)C. The lowest BCUT2D eigenvalue weighted by atomic mass is 10.3. The first-order valence-electron chi connectivity index (χ1n) is 5.01. The normalized spacial score (nSPS) is 12.1. The van der Waals surface area contributed by atoms with E-state index < -0.39 is 7.59 Å². The predicted octanol–water partition coefficient (Wildman–Crippen LogP) is 1.83. The van der Waals surface area contributed by atoms with Crippen molar-refractivity contribution in [2.24, 2.45) is 0 Å². The van der Waals surface area contributed by atoms with E-state index in [0.29, 0.717) is 0 Å². The topological polar surface area (TPSA) is 47.6 Å². The number of para-hydroxylation sites is 1. The first-order valence-corrected chi connectivity index (χ1v) is 6.62. The summed E-state index contributed by atoms with van der Waals surface area (Å²) in [6, 6.07) is 9.58. The highest BCUT2D eigenvalue weighted by Crippen LogP contribution is 2.44. The largest absolute Gasteiger partial charge is 0.314 e. The van der Waals surface area contributed by atoms with Crippen molar-refractivity contribution >= 4 is 13.3 Å². The summed E-state index contributed by atoms with van der Waals surface area (Å²) >= 11 is 0. The van der Waals surface area contributed by atoms with Crippen LogP contribution in [0, 0.1) is 0 Å². The van der Waals surface area contributed by atoms with Gasteiger partial charge in [0.15, 0.2) is 0 Å². The second kappa shape index (κ2) is 5.46. The Bertz CT molecular complexity index is 354. The minimum Gasteiger partial charge on any atom is -0.314 e. The third kappa shape index (κ3) is 3.06. The molecular formula is C10H19N4OP. The molecule has 0 bridgehead atoms. The molecule has 0 unspecified atom stereocenters. The fourth-order valence-corrected chi connectivity index (χ4v) is 2.61. The van der Waals surface area contributed by atoms with E-state index in [1.807, 2.05) is 30.3 Å². The monoisotopic (exact) mass is 242 g/mol. The highest BCUT2D eigenvalue weighted by Gasteiger charge is 2.27. The van der Waals surface area contributed by atoms with Crippen molar-refractivity contribution in [3.63, 3.8) is 0 Å². The molecule has 0 saturated heterocycles. The van der Waals surface area contributed by atoms with Gasteiger partial charge in [-0.2, -0.15) is 5.20 Å². The maximum Gasteiger partial charge on any atom is 0.300 e. The van der Waals surface area contributed by atoms with Crippen LogP contribution in [0.25, 0.3) is 0 Å². The molecule has 1 aromatic carbocycles. The molecule has 0 aromatic heterocycles. The van der Waals surface area contributed by atoms with E-state index >= 15 is 0 Å². The lowest BCUT2D eigenvalue weighted by Gasteiger charge is -2.31. The van der Waals surface area contributed by atoms with Gasteiger partial charge in [0, 0.05) is 5.69 Å². The van der Waals surface area contributed by atoms with E-state index in [4.69, 9.17) is 0 Å². The van der Waals surface area contributed by atoms with Crippen LogP contribution in [0.3, 0.4) is 0 Å². The lowest BCUT2D eigenvalue weighted by molar-refractivity contribution is 0.437. The highest BCUT2D eigenvalue weighted by atomic mass is 31.2. The zero-order valence-corrected chi connectivity index (χ0v) is 11.0. The van der Waals surface area contributed by atoms with Crippen LogP contribution >= 0.6 is 7.59 Å². The average molecular weight is 242 g/mol. The Morgan fingerprint density at radius 1 is 1.00 bits per heavy atom. The van der Waals surface area contributed by atoms with Crippen LogP contribution in [0.15, 0.2) is 30.3 Å². The minimum atomic E-state index is -2.72. The van der Waals surface area contributed by atoms with Gasteiger partial charge in [-0.3, -0.25) is 4.57 Å². The molecule has 0 amide bonds. The van der Waals surface area contributed by atoms with Crippen molar-refractivity contribution in [3.8, 4) is 0 Å². The van der Waals surface area contributed by atoms with Crippen LogP contribution in [0.1, 0.15) is 0 Å². The molecule has 0 radical (unpaired) electrons. The molecule has 0 aliphatic heterocycles. The standard InChI is InChI=1S/C10H19N4OP/c1-13(2)16(15,14(3)4)12-11-10-8-6-5-7-9-10/h5-9,11H,1-4H3,(H,12,15). The molecular weight excluding hydrogens is 223 g/mol. The summed E-state index contributed by atoms with van der Waals surface area (Å²) < 4.78 is 15.8. The van der Waals surface area contributed by atoms with Gasteiger partial charge in [0.1, 0.15) is 0 Å². The Balaban J connectivity index is 2.69. The summed E-state index contributed by atoms with van der Waals surface area (Å²) in [4.78, 5) is 0. The molecule has 0 fully saturated rings. The fraction of sp³-hybridized carbons (Fsp3) is 0.400. The van der Waals surface area contributed by atoms with Crippen molar-refractivity contribution in [1.29, 1.82) is 0 Å². The molecule has 2 N–H and O–H groups in total. The van der Waals surface area contributed by atoms with Gasteiger partial charge in [-0.15, -0.1) is 0 Å². The summed E-state index contributed by atoms with van der Waals surface area (Å²) in [5.74, 6) is 0. The van der Waals surface area contributed by atoms with E-state index in [2.05, 4.69) is 10.6 Å². The summed E-state index contributed by atoms with van der Waals surface area (Å²) in [5, 5.41) is 2.87. The molecule has 0 spiro atoms. The molecule has 0 aliphatic carbocycles. The number of nitrogens with one attached hydrogen (secondary N) is 2. The second-order valence-corrected chi connectivity index (χ2v) is 6.75. The number of benzene rings is 1. The average Bonchev–Trinajstić information content (AvgIpc) is 2.26. The Kier molecular flexibility index (Phi) is 4.50. The Labute approximate surface area is 96.9 Å². The van der Waals surface area contributed by atoms with E-state index in [-0.39, 0.29) is 0 Å². The van der Waals surface area contributed by atoms with Gasteiger partial charge < -0.3 is 5.43 Å². The van der Waals surface area contributed by atoms with E-state index in [9.17, 15) is 4.57 Å². The quantitative estimate of drug-likeness (QED) is 0.609. The smallest absolute Gasteiger partial charge is 0.300 e. The second-order valence-electron chi connectivity index (χ2n) is 3.84. The Morgan fingerprint density at radius 3 is 1.94 bits per heavy atom. The highest BCUT2D eigenvalue weighted by molar-refractivity contribution is 7.56. The lowest BCUT2D eigenvalue weighted by Crippen LogP contribution is -2.34. The van der Waals surface area contributed by atoms with Crippen LogP contribution in [-0.2, 0) is 4.57 Å². The first-order chi connectivity index (χ1) is 7.47. The van der Waals surface area contributed by atoms with Gasteiger partial charge in [-0.05, 0) is 40.3 Å². The van der Waals surface area contributed by atoms with E-state index in [0.717, 1.165) is 5.69 Å². The number of hydrogen-bond acceptors (Lipinski definition) is 2. The molecule has 90 valence electrons. The van der Waals surface area contributed by atoms with Crippen LogP contribution < -0.4 is 10.6 Å². The summed E-state index contributed by atoms with van der Waals surface area (Å²) in [5.41, 5.74) is 3.83. The maximum atomic E-state index is 12.5. The minimum absolute atomic E-state index is 0.881. The van der Waals surface area contributed by atoms with E-state index in [1.165, 1.54) is 0 Å². The third-order valence-electron chi connectivity index (χ3n) is 2.20. The van der Waals surface area contributed by atoms with Crippen molar-refractivity contribution in [2.45, 2.75) is 0 Å². The van der Waals surface area contributed by atoms with Crippen LogP contribution in [0.5, 0.6) is 0 Å². The molecule has 0 saturated carbocycles. The van der Waals surface area contributed by atoms with Gasteiger partial charge in [-0.1, -0.05) is 18.2 Å². The molecule has 5 nitrogen and oxygen atoms in total. The van der Waals surface area contributed by atoms with Crippen molar-refractivity contribution in [2.75, 3.05) is 33.6 Å². The van der Waals surface area contributed by atoms with Gasteiger partial charge in [0.25, 0.3) is 0 Å². The van der Waals surface area contributed by atoms with Gasteiger partial charge in [0.2, 0.25) is 0 Å². The predicted molar refractivity (Wildman–Crippen MR) is 68.2 cm³/mol. The van der Waals surface area contributed by atoms with Crippen LogP contribution in [0.4, 0.5) is 5.69 Å². The molecule has 0 aliphatic rings. The summed E-state index contributed by atoms with van der Waals surface area (Å²) in [6.07, 6.45) is 0. The number of hydrazine groups is 1. The molecule has 0 atom stereocenters. The van der Waals surface area contributed by atoms with Crippen molar-refractivity contribution in [1.82, 2.24) is 14.5 Å². The zero-order chi connectivity index (χ0) is 12.2. The number of nitrogens with zero attached hydrogens (tertiary/aromatic N) is 2. The fourth-order valence-electron chi connectivity index (χ4n) is 1.22. The van der Waals surface area contributed by atoms with Crippen LogP contribution in [-0.4, -0.2) is 37.5 Å². The summed E-state index contributed by atoms with van der Waals surface area (Å²) in [7, 11) is 4.39. The third-order valence-corrected chi connectivity index (χ3v) is 4.78. The number of hydrogen-bond donors (Lipinski definition) is 2. The summed E-state index contributed by atoms with van der Waals surface area (Å²) in [6.45, 7) is 0. The van der Waals surface area contributed by atoms with Crippen LogP contribution in [0.2, 0.25) is 0 Å². The maximum absolute atomic E-state index is 12.5. The van der Waals surface area contributed by atoms with Gasteiger partial charge in [-0.25, -0.2) is 9.34 Å². The number of rotatable bonds is 5. The molecule has 16 heavy (non-hydrogen) atoms. The zero-order valence-electron chi connectivity index (χ0n) is 10.1. The first kappa shape index (κ1) is 13.2. The van der Waals surface area contributed by atoms with Crippen molar-refractivity contribution in [3.05, 3.63) is 30.3 Å². The van der Waals surface area contributed by atoms with Gasteiger partial charge >= 0.3 is 7.59 Å². The molecule has 1 rings (SSSR count).